The average molecular weight is 882 g/mol. The van der Waals surface area contributed by atoms with Gasteiger partial charge in [-0.2, -0.15) is 0 Å². The first-order valence-electron chi connectivity index (χ1n) is 24.2. The Kier molecular flexibility index (Phi) is 42.2. The van der Waals surface area contributed by atoms with Crippen molar-refractivity contribution in [3.8, 4) is 0 Å². The van der Waals surface area contributed by atoms with E-state index < -0.39 is 51.1 Å². The lowest BCUT2D eigenvalue weighted by atomic mass is 10.1. The average Bonchev–Trinajstić information content (AvgIpc) is 3.24. The monoisotopic (exact) mass is 882 g/mol. The Bertz CT molecular complexity index is 1220. The minimum atomic E-state index is -4.72. The van der Waals surface area contributed by atoms with Gasteiger partial charge in [-0.15, -0.1) is 0 Å². The predicted molar refractivity (Wildman–Crippen MR) is 249 cm³/mol. The number of carbonyl (C=O) groups is 3. The standard InChI is InChI=1S/C49H88NO10P/c1-3-5-7-9-11-13-15-17-19-21-23-25-27-29-31-33-35-37-39-41-48(52)60-45(43-58-61(55,56)59-44-46(50)49(53)54)42-57-47(51)40-38-36-34-32-30-28-26-24-22-20-18-16-14-12-10-8-6-4-2/h11,13-14,16-17,19-20,22,45-46H,3-10,12,15,18,21,23-44,50H2,1-2H3,(H,53,54)(H,55,56)/b13-11-,16-14-,19-17-,22-20-. The number of ether oxygens (including phenoxy) is 2. The summed E-state index contributed by atoms with van der Waals surface area (Å²) in [6, 6.07) is -1.52. The van der Waals surface area contributed by atoms with Gasteiger partial charge in [0.05, 0.1) is 13.2 Å². The molecule has 0 aliphatic heterocycles. The number of carboxylic acids is 1. The molecular weight excluding hydrogens is 794 g/mol. The zero-order valence-electron chi connectivity index (χ0n) is 38.5. The third-order valence-corrected chi connectivity index (χ3v) is 11.3. The molecule has 0 spiro atoms. The topological polar surface area (TPSA) is 172 Å². The van der Waals surface area contributed by atoms with Crippen LogP contribution in [-0.2, 0) is 37.5 Å². The molecule has 0 rings (SSSR count). The largest absolute Gasteiger partial charge is 0.480 e. The quantitative estimate of drug-likeness (QED) is 0.0230. The number of carbonyl (C=O) groups excluding carboxylic acids is 2. The first-order valence-corrected chi connectivity index (χ1v) is 25.7. The van der Waals surface area contributed by atoms with E-state index in [0.717, 1.165) is 64.2 Å². The summed E-state index contributed by atoms with van der Waals surface area (Å²) in [5, 5.41) is 8.91. The summed E-state index contributed by atoms with van der Waals surface area (Å²) in [6.07, 6.45) is 50.2. The molecule has 3 unspecified atom stereocenters. The second-order valence-corrected chi connectivity index (χ2v) is 17.7. The maximum absolute atomic E-state index is 12.7. The molecular formula is C49H88NO10P. The van der Waals surface area contributed by atoms with Gasteiger partial charge >= 0.3 is 25.7 Å². The van der Waals surface area contributed by atoms with E-state index in [0.29, 0.717) is 12.8 Å². The first kappa shape index (κ1) is 58.4. The van der Waals surface area contributed by atoms with Crippen LogP contribution in [0.15, 0.2) is 48.6 Å². The number of allylic oxidation sites excluding steroid dienone is 8. The minimum Gasteiger partial charge on any atom is -0.480 e. The van der Waals surface area contributed by atoms with Gasteiger partial charge in [0, 0.05) is 12.8 Å². The van der Waals surface area contributed by atoms with E-state index in [9.17, 15) is 23.8 Å². The van der Waals surface area contributed by atoms with E-state index in [-0.39, 0.29) is 19.4 Å². The van der Waals surface area contributed by atoms with Crippen molar-refractivity contribution >= 4 is 25.7 Å². The van der Waals surface area contributed by atoms with Crippen molar-refractivity contribution in [2.75, 3.05) is 19.8 Å². The van der Waals surface area contributed by atoms with Gasteiger partial charge in [0.25, 0.3) is 0 Å². The zero-order valence-corrected chi connectivity index (χ0v) is 39.4. The van der Waals surface area contributed by atoms with E-state index >= 15 is 0 Å². The number of hydrogen-bond donors (Lipinski definition) is 3. The number of rotatable bonds is 45. The van der Waals surface area contributed by atoms with Crippen molar-refractivity contribution in [2.24, 2.45) is 5.73 Å². The summed E-state index contributed by atoms with van der Waals surface area (Å²) in [7, 11) is -4.72. The summed E-state index contributed by atoms with van der Waals surface area (Å²) in [5.74, 6) is -2.39. The lowest BCUT2D eigenvalue weighted by Gasteiger charge is -2.20. The molecule has 0 aromatic rings. The normalized spacial score (nSPS) is 14.0. The Hall–Kier alpha value is -2.56. The molecule has 0 fully saturated rings. The molecule has 0 aliphatic rings. The van der Waals surface area contributed by atoms with E-state index in [2.05, 4.69) is 67.0 Å². The summed E-state index contributed by atoms with van der Waals surface area (Å²) in [6.45, 7) is 2.77. The maximum Gasteiger partial charge on any atom is 0.472 e. The van der Waals surface area contributed by atoms with Crippen LogP contribution < -0.4 is 5.73 Å². The predicted octanol–water partition coefficient (Wildman–Crippen LogP) is 13.3. The van der Waals surface area contributed by atoms with Crippen molar-refractivity contribution in [1.29, 1.82) is 0 Å². The zero-order chi connectivity index (χ0) is 44.9. The lowest BCUT2D eigenvalue weighted by Crippen LogP contribution is -2.34. The molecule has 4 N–H and O–H groups in total. The van der Waals surface area contributed by atoms with Crippen LogP contribution in [0.5, 0.6) is 0 Å². The molecule has 0 saturated carbocycles. The SMILES string of the molecule is CCCCC/C=C\C/C=C\CCCCCCCCCCCC(=O)OC(COC(=O)CCCCCCCCC/C=C\C/C=C\CCCCCC)COP(=O)(O)OCC(N)C(=O)O. The Labute approximate surface area is 371 Å². The second-order valence-electron chi connectivity index (χ2n) is 16.2. The fourth-order valence-electron chi connectivity index (χ4n) is 6.48. The van der Waals surface area contributed by atoms with E-state index in [1.165, 1.54) is 109 Å². The molecule has 0 bridgehead atoms. The number of carboxylic acid groups (broad SMARTS) is 1. The highest BCUT2D eigenvalue weighted by Crippen LogP contribution is 2.43. The molecule has 354 valence electrons. The van der Waals surface area contributed by atoms with Crippen LogP contribution in [0.4, 0.5) is 0 Å². The van der Waals surface area contributed by atoms with Gasteiger partial charge in [-0.1, -0.05) is 172 Å². The van der Waals surface area contributed by atoms with Crippen LogP contribution in [0.1, 0.15) is 213 Å². The number of esters is 2. The van der Waals surface area contributed by atoms with Crippen molar-refractivity contribution < 1.29 is 47.5 Å². The second kappa shape index (κ2) is 44.1. The Morgan fingerprint density at radius 3 is 1.31 bits per heavy atom. The third-order valence-electron chi connectivity index (χ3n) is 10.3. The summed E-state index contributed by atoms with van der Waals surface area (Å²) < 4.78 is 32.8. The minimum absolute atomic E-state index is 0.154. The molecule has 12 heteroatoms. The van der Waals surface area contributed by atoms with Gasteiger partial charge in [0.15, 0.2) is 6.10 Å². The van der Waals surface area contributed by atoms with Crippen LogP contribution in [-0.4, -0.2) is 59.9 Å². The molecule has 0 saturated heterocycles. The molecule has 0 aromatic heterocycles. The molecule has 0 aromatic carbocycles. The van der Waals surface area contributed by atoms with Crippen LogP contribution in [0.3, 0.4) is 0 Å². The molecule has 0 heterocycles. The Balaban J connectivity index is 4.31. The van der Waals surface area contributed by atoms with Crippen molar-refractivity contribution in [2.45, 2.75) is 225 Å². The van der Waals surface area contributed by atoms with E-state index in [4.69, 9.17) is 24.8 Å². The molecule has 0 radical (unpaired) electrons. The van der Waals surface area contributed by atoms with Crippen LogP contribution in [0, 0.1) is 0 Å². The fourth-order valence-corrected chi connectivity index (χ4v) is 7.26. The van der Waals surface area contributed by atoms with Crippen LogP contribution >= 0.6 is 7.82 Å². The summed E-state index contributed by atoms with van der Waals surface area (Å²) in [4.78, 5) is 46.1. The van der Waals surface area contributed by atoms with Gasteiger partial charge < -0.3 is 25.2 Å². The lowest BCUT2D eigenvalue weighted by molar-refractivity contribution is -0.161. The summed E-state index contributed by atoms with van der Waals surface area (Å²) >= 11 is 0. The molecule has 0 amide bonds. The fraction of sp³-hybridized carbons (Fsp3) is 0.776. The van der Waals surface area contributed by atoms with Crippen LogP contribution in [0.25, 0.3) is 0 Å². The van der Waals surface area contributed by atoms with Crippen LogP contribution in [0.2, 0.25) is 0 Å². The molecule has 61 heavy (non-hydrogen) atoms. The number of unbranched alkanes of at least 4 members (excludes halogenated alkanes) is 23. The van der Waals surface area contributed by atoms with Crippen molar-refractivity contribution in [3.05, 3.63) is 48.6 Å². The van der Waals surface area contributed by atoms with Crippen molar-refractivity contribution in [1.82, 2.24) is 0 Å². The number of hydrogen-bond acceptors (Lipinski definition) is 9. The molecule has 3 atom stereocenters. The smallest absolute Gasteiger partial charge is 0.472 e. The first-order chi connectivity index (χ1) is 29.6. The number of phosphoric ester groups is 1. The maximum atomic E-state index is 12.7. The Morgan fingerprint density at radius 2 is 0.869 bits per heavy atom. The van der Waals surface area contributed by atoms with Gasteiger partial charge in [-0.25, -0.2) is 4.57 Å². The van der Waals surface area contributed by atoms with Gasteiger partial charge in [-0.05, 0) is 77.0 Å². The van der Waals surface area contributed by atoms with Gasteiger partial charge in [0.1, 0.15) is 12.6 Å². The van der Waals surface area contributed by atoms with E-state index in [1.807, 2.05) is 0 Å². The third kappa shape index (κ3) is 43.9. The number of nitrogens with two attached hydrogens (primary N) is 1. The highest BCUT2D eigenvalue weighted by Gasteiger charge is 2.28. The van der Waals surface area contributed by atoms with Gasteiger partial charge in [-0.3, -0.25) is 23.4 Å². The number of aliphatic carboxylic acids is 1. The highest BCUT2D eigenvalue weighted by molar-refractivity contribution is 7.47. The highest BCUT2D eigenvalue weighted by atomic mass is 31.2. The summed E-state index contributed by atoms with van der Waals surface area (Å²) in [5.41, 5.74) is 5.35. The van der Waals surface area contributed by atoms with E-state index in [1.54, 1.807) is 0 Å². The van der Waals surface area contributed by atoms with Gasteiger partial charge in [0.2, 0.25) is 0 Å². The molecule has 0 aliphatic carbocycles. The molecule has 11 nitrogen and oxygen atoms in total. The Morgan fingerprint density at radius 1 is 0.508 bits per heavy atom. The number of phosphoric acid groups is 1. The van der Waals surface area contributed by atoms with Crippen molar-refractivity contribution in [3.63, 3.8) is 0 Å².